The van der Waals surface area contributed by atoms with Crippen LogP contribution >= 0.6 is 24.0 Å². The summed E-state index contributed by atoms with van der Waals surface area (Å²) in [4.78, 5) is 36.5. The zero-order valence-electron chi connectivity index (χ0n) is 17.7. The number of carbonyl (C=O) groups excluding carboxylic acids is 2. The van der Waals surface area contributed by atoms with Gasteiger partial charge in [0.1, 0.15) is 14.8 Å². The Morgan fingerprint density at radius 1 is 1.18 bits per heavy atom. The Hall–Kier alpha value is -3.01. The number of likely N-dealkylation sites (tertiary alicyclic amines) is 1. The largest absolute Gasteiger partial charge is 0.467 e. The van der Waals surface area contributed by atoms with E-state index in [1.54, 1.807) is 23.4 Å². The molecule has 1 aromatic carbocycles. The summed E-state index contributed by atoms with van der Waals surface area (Å²) in [6.45, 7) is 0.701. The van der Waals surface area contributed by atoms with Crippen molar-refractivity contribution in [2.45, 2.75) is 22.7 Å². The van der Waals surface area contributed by atoms with E-state index in [1.807, 2.05) is 60.5 Å². The molecule has 2 spiro atoms. The number of aromatic nitrogens is 1. The molecule has 166 valence electrons. The fourth-order valence-corrected chi connectivity index (χ4v) is 7.73. The highest BCUT2D eigenvalue weighted by atomic mass is 32.2. The van der Waals surface area contributed by atoms with Crippen LogP contribution in [-0.2, 0) is 21.7 Å². The van der Waals surface area contributed by atoms with Crippen molar-refractivity contribution in [1.29, 1.82) is 0 Å². The van der Waals surface area contributed by atoms with Gasteiger partial charge in [-0.1, -0.05) is 48.2 Å². The van der Waals surface area contributed by atoms with Crippen molar-refractivity contribution in [1.82, 2.24) is 14.8 Å². The Balaban J connectivity index is 1.59. The second kappa shape index (κ2) is 7.24. The highest BCUT2D eigenvalue weighted by Gasteiger charge is 2.78. The SMILES string of the molecule is CN1C[C@H](c2ccccn2)[C@]2(SC(=S)N(Cc3ccco3)C2=O)[C@@]12C(=O)Nc1ccccc12. The van der Waals surface area contributed by atoms with Crippen molar-refractivity contribution >= 4 is 45.8 Å². The van der Waals surface area contributed by atoms with Crippen LogP contribution in [0, 0.1) is 0 Å². The van der Waals surface area contributed by atoms with Gasteiger partial charge in [-0.15, -0.1) is 0 Å². The molecule has 1 N–H and O–H groups in total. The highest BCUT2D eigenvalue weighted by Crippen LogP contribution is 2.65. The number of amides is 2. The molecule has 7 nitrogen and oxygen atoms in total. The number of fused-ring (bicyclic) bond motifs is 3. The minimum Gasteiger partial charge on any atom is -0.467 e. The summed E-state index contributed by atoms with van der Waals surface area (Å²) < 4.78 is 4.73. The van der Waals surface area contributed by atoms with E-state index in [9.17, 15) is 9.59 Å². The van der Waals surface area contributed by atoms with E-state index in [2.05, 4.69) is 10.3 Å². The second-order valence-corrected chi connectivity index (χ2v) is 10.4. The third kappa shape index (κ3) is 2.55. The molecule has 2 saturated heterocycles. The molecule has 2 amide bonds. The van der Waals surface area contributed by atoms with Gasteiger partial charge in [-0.05, 0) is 37.4 Å². The maximum atomic E-state index is 14.5. The fourth-order valence-electron chi connectivity index (χ4n) is 5.61. The lowest BCUT2D eigenvalue weighted by atomic mass is 9.73. The Kier molecular flexibility index (Phi) is 4.52. The molecule has 0 radical (unpaired) electrons. The zero-order chi connectivity index (χ0) is 22.8. The van der Waals surface area contributed by atoms with Crippen LogP contribution < -0.4 is 5.32 Å². The van der Waals surface area contributed by atoms with Crippen LogP contribution in [0.4, 0.5) is 5.69 Å². The first-order chi connectivity index (χ1) is 16.0. The summed E-state index contributed by atoms with van der Waals surface area (Å²) in [5.41, 5.74) is 1.05. The number of hydrogen-bond donors (Lipinski definition) is 1. The predicted octanol–water partition coefficient (Wildman–Crippen LogP) is 3.35. The average Bonchev–Trinajstić information content (AvgIpc) is 3.55. The molecule has 2 fully saturated rings. The van der Waals surface area contributed by atoms with Crippen molar-refractivity contribution in [3.63, 3.8) is 0 Å². The third-order valence-electron chi connectivity index (χ3n) is 6.92. The molecule has 0 bridgehead atoms. The molecule has 6 rings (SSSR count). The van der Waals surface area contributed by atoms with Crippen LogP contribution in [-0.4, -0.2) is 49.3 Å². The number of anilines is 1. The molecule has 0 aliphatic carbocycles. The highest BCUT2D eigenvalue weighted by molar-refractivity contribution is 8.25. The van der Waals surface area contributed by atoms with Gasteiger partial charge in [0.15, 0.2) is 5.54 Å². The normalized spacial score (nSPS) is 28.8. The van der Waals surface area contributed by atoms with Gasteiger partial charge >= 0.3 is 0 Å². The van der Waals surface area contributed by atoms with E-state index in [-0.39, 0.29) is 24.3 Å². The lowest BCUT2D eigenvalue weighted by Crippen LogP contribution is -2.61. The molecule has 0 saturated carbocycles. The Morgan fingerprint density at radius 2 is 2.00 bits per heavy atom. The van der Waals surface area contributed by atoms with Gasteiger partial charge in [-0.25, -0.2) is 0 Å². The van der Waals surface area contributed by atoms with Crippen LogP contribution in [0.3, 0.4) is 0 Å². The lowest BCUT2D eigenvalue weighted by molar-refractivity contribution is -0.138. The number of carbonyl (C=O) groups is 2. The van der Waals surface area contributed by atoms with Crippen LogP contribution in [0.2, 0.25) is 0 Å². The Bertz CT molecular complexity index is 1280. The standard InChI is InChI=1S/C24H20N4O3S2/c1-27-14-17(18-9-4-5-11-25-18)24(23(27)16-8-2-3-10-19(16)26-20(23)29)21(30)28(22(32)33-24)13-15-7-6-12-31-15/h2-12,17H,13-14H2,1H3,(H,26,29)/t17-,23-,24-/m1/s1. The van der Waals surface area contributed by atoms with E-state index in [0.29, 0.717) is 16.6 Å². The zero-order valence-corrected chi connectivity index (χ0v) is 19.4. The third-order valence-corrected chi connectivity index (χ3v) is 8.86. The summed E-state index contributed by atoms with van der Waals surface area (Å²) in [5, 5.41) is 3.03. The van der Waals surface area contributed by atoms with E-state index in [4.69, 9.17) is 16.6 Å². The fraction of sp³-hybridized carbons (Fsp3) is 0.250. The van der Waals surface area contributed by atoms with Gasteiger partial charge in [0.05, 0.1) is 12.8 Å². The summed E-state index contributed by atoms with van der Waals surface area (Å²) >= 11 is 7.06. The molecule has 3 aliphatic rings. The number of furan rings is 1. The molecule has 5 heterocycles. The molecule has 0 unspecified atom stereocenters. The van der Waals surface area contributed by atoms with Gasteiger partial charge in [0.25, 0.3) is 5.91 Å². The van der Waals surface area contributed by atoms with Crippen molar-refractivity contribution in [3.8, 4) is 0 Å². The number of likely N-dealkylation sites (N-methyl/N-ethyl adjacent to an activating group) is 1. The Morgan fingerprint density at radius 3 is 2.76 bits per heavy atom. The monoisotopic (exact) mass is 476 g/mol. The first kappa shape index (κ1) is 20.6. The van der Waals surface area contributed by atoms with E-state index in [0.717, 1.165) is 16.9 Å². The van der Waals surface area contributed by atoms with Gasteiger partial charge in [-0.2, -0.15) is 0 Å². The molecular formula is C24H20N4O3S2. The minimum absolute atomic E-state index is 0.194. The smallest absolute Gasteiger partial charge is 0.251 e. The van der Waals surface area contributed by atoms with Gasteiger partial charge in [0.2, 0.25) is 5.91 Å². The van der Waals surface area contributed by atoms with Crippen molar-refractivity contribution in [3.05, 3.63) is 84.1 Å². The van der Waals surface area contributed by atoms with Crippen molar-refractivity contribution < 1.29 is 14.0 Å². The Labute approximate surface area is 200 Å². The summed E-state index contributed by atoms with van der Waals surface area (Å²) in [5.74, 6) is -0.124. The molecule has 2 aromatic heterocycles. The molecule has 3 atom stereocenters. The summed E-state index contributed by atoms with van der Waals surface area (Å²) in [6, 6.07) is 16.9. The first-order valence-electron chi connectivity index (χ1n) is 10.6. The van der Waals surface area contributed by atoms with Crippen LogP contribution in [0.5, 0.6) is 0 Å². The van der Waals surface area contributed by atoms with Gasteiger partial charge in [-0.3, -0.25) is 24.4 Å². The number of rotatable bonds is 3. The summed E-state index contributed by atoms with van der Waals surface area (Å²) in [6.07, 6.45) is 3.30. The first-order valence-corrected chi connectivity index (χ1v) is 11.8. The number of thiocarbonyl (C=S) groups is 1. The van der Waals surface area contributed by atoms with Gasteiger partial charge < -0.3 is 9.73 Å². The minimum atomic E-state index is -1.23. The second-order valence-electron chi connectivity index (χ2n) is 8.47. The van der Waals surface area contributed by atoms with E-state index >= 15 is 0 Å². The van der Waals surface area contributed by atoms with E-state index < -0.39 is 10.3 Å². The average molecular weight is 477 g/mol. The summed E-state index contributed by atoms with van der Waals surface area (Å²) in [7, 11) is 1.90. The number of pyridine rings is 1. The van der Waals surface area contributed by atoms with Crippen molar-refractivity contribution in [2.75, 3.05) is 18.9 Å². The van der Waals surface area contributed by atoms with Crippen molar-refractivity contribution in [2.24, 2.45) is 0 Å². The van der Waals surface area contributed by atoms with E-state index in [1.165, 1.54) is 11.8 Å². The number of hydrogen-bond acceptors (Lipinski definition) is 7. The van der Waals surface area contributed by atoms with Crippen LogP contribution in [0.25, 0.3) is 0 Å². The quantitative estimate of drug-likeness (QED) is 0.581. The maximum absolute atomic E-state index is 14.5. The predicted molar refractivity (Wildman–Crippen MR) is 129 cm³/mol. The molecule has 9 heteroatoms. The topological polar surface area (TPSA) is 78.7 Å². The molecule has 3 aliphatic heterocycles. The van der Waals surface area contributed by atoms with Crippen LogP contribution in [0.15, 0.2) is 71.5 Å². The van der Waals surface area contributed by atoms with Gasteiger partial charge in [0, 0.05) is 35.6 Å². The van der Waals surface area contributed by atoms with Crippen LogP contribution in [0.1, 0.15) is 22.9 Å². The number of thioether (sulfide) groups is 1. The molecule has 3 aromatic rings. The number of para-hydroxylation sites is 1. The molecular weight excluding hydrogens is 456 g/mol. The number of nitrogens with zero attached hydrogens (tertiary/aromatic N) is 3. The number of benzene rings is 1. The molecule has 33 heavy (non-hydrogen) atoms. The number of nitrogens with one attached hydrogen (secondary N) is 1. The lowest BCUT2D eigenvalue weighted by Gasteiger charge is -2.41. The maximum Gasteiger partial charge on any atom is 0.251 e.